The zero-order valence-corrected chi connectivity index (χ0v) is 10.6. The Labute approximate surface area is 109 Å². The molecule has 0 saturated carbocycles. The van der Waals surface area contributed by atoms with Crippen LogP contribution in [0.1, 0.15) is 12.0 Å². The monoisotopic (exact) mass is 270 g/mol. The summed E-state index contributed by atoms with van der Waals surface area (Å²) < 4.78 is 18.3. The Hall–Kier alpha value is -2.31. The van der Waals surface area contributed by atoms with Gasteiger partial charge in [0.1, 0.15) is 0 Å². The lowest BCUT2D eigenvalue weighted by Gasteiger charge is -2.11. The molecule has 0 aliphatic heterocycles. The number of nitrogens with one attached hydrogen (secondary N) is 2. The van der Waals surface area contributed by atoms with Crippen molar-refractivity contribution in [3.05, 3.63) is 23.5 Å². The Morgan fingerprint density at radius 1 is 1.42 bits per heavy atom. The molecule has 0 aliphatic carbocycles. The Morgan fingerprint density at radius 3 is 2.68 bits per heavy atom. The van der Waals surface area contributed by atoms with Crippen molar-refractivity contribution in [1.82, 2.24) is 5.32 Å². The van der Waals surface area contributed by atoms with Crippen LogP contribution in [0.4, 0.5) is 14.9 Å². The second-order valence-electron chi connectivity index (χ2n) is 3.83. The third-order valence-electron chi connectivity index (χ3n) is 2.37. The number of halogens is 1. The maximum Gasteiger partial charge on any atom is 0.319 e. The van der Waals surface area contributed by atoms with Crippen LogP contribution in [0.5, 0.6) is 5.75 Å². The summed E-state index contributed by atoms with van der Waals surface area (Å²) in [5.41, 5.74) is 0.928. The van der Waals surface area contributed by atoms with Crippen molar-refractivity contribution >= 4 is 17.7 Å². The fraction of sp³-hybridized carbons (Fsp3) is 0.333. The topological polar surface area (TPSA) is 87.7 Å². The molecule has 0 unspecified atom stereocenters. The highest BCUT2D eigenvalue weighted by Crippen LogP contribution is 2.25. The molecule has 6 nitrogen and oxygen atoms in total. The van der Waals surface area contributed by atoms with Crippen LogP contribution in [0.25, 0.3) is 0 Å². The van der Waals surface area contributed by atoms with E-state index in [4.69, 9.17) is 9.84 Å². The number of ether oxygens (including phenoxy) is 1. The summed E-state index contributed by atoms with van der Waals surface area (Å²) in [5.74, 6) is -1.50. The molecule has 1 aromatic rings. The van der Waals surface area contributed by atoms with E-state index in [1.54, 1.807) is 6.92 Å². The molecule has 0 fully saturated rings. The lowest BCUT2D eigenvalue weighted by molar-refractivity contribution is -0.136. The van der Waals surface area contributed by atoms with Gasteiger partial charge in [-0.15, -0.1) is 0 Å². The van der Waals surface area contributed by atoms with Crippen LogP contribution < -0.4 is 15.4 Å². The van der Waals surface area contributed by atoms with Crippen LogP contribution >= 0.6 is 0 Å². The molecule has 1 aromatic carbocycles. The number of carboxylic acids is 1. The number of carboxylic acid groups (broad SMARTS) is 1. The number of carbonyl (C=O) groups is 2. The maximum atomic E-state index is 13.5. The molecule has 0 aliphatic rings. The third-order valence-corrected chi connectivity index (χ3v) is 2.37. The molecule has 0 atom stereocenters. The molecule has 19 heavy (non-hydrogen) atoms. The molecule has 104 valence electrons. The van der Waals surface area contributed by atoms with Gasteiger partial charge >= 0.3 is 12.0 Å². The largest absolute Gasteiger partial charge is 0.494 e. The quantitative estimate of drug-likeness (QED) is 0.760. The summed E-state index contributed by atoms with van der Waals surface area (Å²) in [6, 6.07) is 2.02. The van der Waals surface area contributed by atoms with E-state index in [2.05, 4.69) is 10.6 Å². The summed E-state index contributed by atoms with van der Waals surface area (Å²) in [5, 5.41) is 13.2. The number of amides is 2. The Morgan fingerprint density at radius 2 is 2.11 bits per heavy atom. The number of rotatable bonds is 5. The molecule has 2 amide bonds. The first-order chi connectivity index (χ1) is 8.93. The summed E-state index contributed by atoms with van der Waals surface area (Å²) in [7, 11) is 1.35. The van der Waals surface area contributed by atoms with Gasteiger partial charge in [-0.25, -0.2) is 9.18 Å². The second-order valence-corrected chi connectivity index (χ2v) is 3.83. The molecule has 7 heteroatoms. The van der Waals surface area contributed by atoms with Crippen molar-refractivity contribution in [2.45, 2.75) is 13.3 Å². The Kier molecular flexibility index (Phi) is 5.11. The van der Waals surface area contributed by atoms with Crippen LogP contribution in [-0.4, -0.2) is 30.8 Å². The van der Waals surface area contributed by atoms with Crippen LogP contribution in [0, 0.1) is 12.7 Å². The standard InChI is InChI=1S/C12H15FN2O4/c1-7-5-10(19-2)8(13)6-9(7)15-12(18)14-4-3-11(16)17/h5-6H,3-4H2,1-2H3,(H,16,17)(H2,14,15,18). The fourth-order valence-corrected chi connectivity index (χ4v) is 1.40. The molecular weight excluding hydrogens is 255 g/mol. The van der Waals surface area contributed by atoms with E-state index in [0.717, 1.165) is 6.07 Å². The average molecular weight is 270 g/mol. The predicted molar refractivity (Wildman–Crippen MR) is 67.0 cm³/mol. The number of methoxy groups -OCH3 is 1. The number of hydrogen-bond acceptors (Lipinski definition) is 3. The number of urea groups is 1. The van der Waals surface area contributed by atoms with Crippen molar-refractivity contribution in [3.8, 4) is 5.75 Å². The van der Waals surface area contributed by atoms with Crippen molar-refractivity contribution in [3.63, 3.8) is 0 Å². The number of aliphatic carboxylic acids is 1. The SMILES string of the molecule is COc1cc(C)c(NC(=O)NCCC(=O)O)cc1F. The minimum Gasteiger partial charge on any atom is -0.494 e. The van der Waals surface area contributed by atoms with Gasteiger partial charge in [0.15, 0.2) is 11.6 Å². The van der Waals surface area contributed by atoms with E-state index in [0.29, 0.717) is 11.3 Å². The van der Waals surface area contributed by atoms with Crippen molar-refractivity contribution < 1.29 is 23.8 Å². The Balaban J connectivity index is 2.64. The van der Waals surface area contributed by atoms with E-state index in [1.165, 1.54) is 13.2 Å². The number of carbonyl (C=O) groups excluding carboxylic acids is 1. The van der Waals surface area contributed by atoms with Gasteiger partial charge in [-0.1, -0.05) is 0 Å². The van der Waals surface area contributed by atoms with Gasteiger partial charge < -0.3 is 20.5 Å². The van der Waals surface area contributed by atoms with Gasteiger partial charge in [-0.2, -0.15) is 0 Å². The number of benzene rings is 1. The summed E-state index contributed by atoms with van der Waals surface area (Å²) in [4.78, 5) is 21.7. The average Bonchev–Trinajstić information content (AvgIpc) is 2.32. The second kappa shape index (κ2) is 6.58. The van der Waals surface area contributed by atoms with Crippen molar-refractivity contribution in [2.24, 2.45) is 0 Å². The number of aryl methyl sites for hydroxylation is 1. The first kappa shape index (κ1) is 14.7. The lowest BCUT2D eigenvalue weighted by atomic mass is 10.2. The van der Waals surface area contributed by atoms with E-state index in [-0.39, 0.29) is 18.7 Å². The van der Waals surface area contributed by atoms with Crippen molar-refractivity contribution in [1.29, 1.82) is 0 Å². The maximum absolute atomic E-state index is 13.5. The smallest absolute Gasteiger partial charge is 0.319 e. The van der Waals surface area contributed by atoms with E-state index in [1.807, 2.05) is 0 Å². The molecule has 1 rings (SSSR count). The van der Waals surface area contributed by atoms with E-state index in [9.17, 15) is 14.0 Å². The predicted octanol–water partition coefficient (Wildman–Crippen LogP) is 1.74. The molecule has 0 aromatic heterocycles. The zero-order valence-electron chi connectivity index (χ0n) is 10.6. The van der Waals surface area contributed by atoms with Gasteiger partial charge in [-0.05, 0) is 18.6 Å². The van der Waals surface area contributed by atoms with E-state index < -0.39 is 17.8 Å². The van der Waals surface area contributed by atoms with Crippen LogP contribution in [0.2, 0.25) is 0 Å². The summed E-state index contributed by atoms with van der Waals surface area (Å²) in [6.07, 6.45) is -0.177. The van der Waals surface area contributed by atoms with Gasteiger partial charge in [0, 0.05) is 18.3 Å². The first-order valence-corrected chi connectivity index (χ1v) is 5.55. The molecule has 3 N–H and O–H groups in total. The van der Waals surface area contributed by atoms with Crippen LogP contribution in [0.15, 0.2) is 12.1 Å². The minimum absolute atomic E-state index is 0.00114. The van der Waals surface area contributed by atoms with Crippen LogP contribution in [0.3, 0.4) is 0 Å². The minimum atomic E-state index is -1.01. The third kappa shape index (κ3) is 4.46. The Bertz CT molecular complexity index is 491. The highest BCUT2D eigenvalue weighted by Gasteiger charge is 2.10. The molecular formula is C12H15FN2O4. The molecule has 0 heterocycles. The summed E-state index contributed by atoms with van der Waals surface area (Å²) in [6.45, 7) is 1.69. The highest BCUT2D eigenvalue weighted by atomic mass is 19.1. The highest BCUT2D eigenvalue weighted by molar-refractivity contribution is 5.90. The zero-order chi connectivity index (χ0) is 14.4. The lowest BCUT2D eigenvalue weighted by Crippen LogP contribution is -2.30. The van der Waals surface area contributed by atoms with Gasteiger partial charge in [-0.3, -0.25) is 4.79 Å². The van der Waals surface area contributed by atoms with Gasteiger partial charge in [0.05, 0.1) is 13.5 Å². The van der Waals surface area contributed by atoms with Crippen molar-refractivity contribution in [2.75, 3.05) is 19.0 Å². The molecule has 0 spiro atoms. The molecule has 0 bridgehead atoms. The van der Waals surface area contributed by atoms with Gasteiger partial charge in [0.25, 0.3) is 0 Å². The summed E-state index contributed by atoms with van der Waals surface area (Å²) >= 11 is 0. The van der Waals surface area contributed by atoms with E-state index >= 15 is 0 Å². The first-order valence-electron chi connectivity index (χ1n) is 5.55. The number of hydrogen-bond donors (Lipinski definition) is 3. The normalized spacial score (nSPS) is 9.84. The number of anilines is 1. The van der Waals surface area contributed by atoms with Crippen LogP contribution in [-0.2, 0) is 4.79 Å². The fourth-order valence-electron chi connectivity index (χ4n) is 1.40. The van der Waals surface area contributed by atoms with Gasteiger partial charge in [0.2, 0.25) is 0 Å². The molecule has 0 saturated heterocycles. The molecule has 0 radical (unpaired) electrons.